The largest absolute Gasteiger partial charge is 0.462 e. The van der Waals surface area contributed by atoms with Crippen LogP contribution < -0.4 is 5.73 Å². The molecule has 6 heteroatoms. The van der Waals surface area contributed by atoms with Gasteiger partial charge in [0, 0.05) is 12.8 Å². The third kappa shape index (κ3) is 4.46. The van der Waals surface area contributed by atoms with Crippen molar-refractivity contribution in [2.75, 3.05) is 25.6 Å². The summed E-state index contributed by atoms with van der Waals surface area (Å²) in [5, 5.41) is 3.86. The summed E-state index contributed by atoms with van der Waals surface area (Å²) in [6.07, 6.45) is 3.05. The number of hydrogen-bond acceptors (Lipinski definition) is 5. The number of nitrogen functional groups attached to an aromatic ring is 1. The second kappa shape index (κ2) is 6.02. The van der Waals surface area contributed by atoms with Crippen molar-refractivity contribution in [3.8, 4) is 0 Å². The summed E-state index contributed by atoms with van der Waals surface area (Å²) in [7, 11) is 0. The lowest BCUT2D eigenvalue weighted by atomic mass is 10.6. The molecule has 1 rings (SSSR count). The predicted octanol–water partition coefficient (Wildman–Crippen LogP) is 0.0450. The molecule has 0 fully saturated rings. The lowest BCUT2D eigenvalue weighted by Crippen LogP contribution is -2.16. The Morgan fingerprint density at radius 3 is 3.00 bits per heavy atom. The van der Waals surface area contributed by atoms with Gasteiger partial charge in [0.25, 0.3) is 0 Å². The zero-order valence-corrected chi connectivity index (χ0v) is 8.68. The van der Waals surface area contributed by atoms with Crippen LogP contribution in [0, 0.1) is 0 Å². The van der Waals surface area contributed by atoms with Crippen molar-refractivity contribution < 1.29 is 14.3 Å². The topological polar surface area (TPSA) is 79.4 Å². The highest BCUT2D eigenvalue weighted by Crippen LogP contribution is 1.97. The van der Waals surface area contributed by atoms with Gasteiger partial charge in [-0.15, -0.1) is 0 Å². The van der Waals surface area contributed by atoms with E-state index < -0.39 is 0 Å². The molecule has 1 aromatic rings. The molecule has 6 nitrogen and oxygen atoms in total. The number of anilines is 1. The Labute approximate surface area is 88.0 Å². The highest BCUT2D eigenvalue weighted by atomic mass is 16.6. The van der Waals surface area contributed by atoms with Crippen LogP contribution in [-0.2, 0) is 20.8 Å². The number of rotatable bonds is 6. The molecule has 0 radical (unpaired) electrons. The fourth-order valence-electron chi connectivity index (χ4n) is 1.00. The molecule has 0 atom stereocenters. The van der Waals surface area contributed by atoms with E-state index in [4.69, 9.17) is 15.2 Å². The van der Waals surface area contributed by atoms with E-state index in [0.29, 0.717) is 18.9 Å². The van der Waals surface area contributed by atoms with E-state index in [0.717, 1.165) is 0 Å². The van der Waals surface area contributed by atoms with Crippen LogP contribution >= 0.6 is 0 Å². The van der Waals surface area contributed by atoms with E-state index >= 15 is 0 Å². The second-order valence-corrected chi connectivity index (χ2v) is 2.89. The molecule has 2 N–H and O–H groups in total. The number of nitrogens with zero attached hydrogens (tertiary/aromatic N) is 2. The normalized spacial score (nSPS) is 10.2. The molecule has 0 saturated carbocycles. The van der Waals surface area contributed by atoms with Crippen LogP contribution in [0.3, 0.4) is 0 Å². The van der Waals surface area contributed by atoms with Crippen molar-refractivity contribution in [3.05, 3.63) is 12.4 Å². The van der Waals surface area contributed by atoms with Gasteiger partial charge in [0.1, 0.15) is 13.2 Å². The van der Waals surface area contributed by atoms with Crippen molar-refractivity contribution in [1.29, 1.82) is 0 Å². The number of esters is 1. The monoisotopic (exact) mass is 213 g/mol. The quantitative estimate of drug-likeness (QED) is 0.533. The molecule has 0 aliphatic rings. The van der Waals surface area contributed by atoms with Gasteiger partial charge in [-0.1, -0.05) is 0 Å². The van der Waals surface area contributed by atoms with Gasteiger partial charge in [0.05, 0.1) is 18.5 Å². The van der Waals surface area contributed by atoms with Gasteiger partial charge < -0.3 is 15.2 Å². The molecule has 0 aliphatic heterocycles. The van der Waals surface area contributed by atoms with Gasteiger partial charge >= 0.3 is 5.97 Å². The first-order valence-electron chi connectivity index (χ1n) is 4.73. The highest BCUT2D eigenvalue weighted by Gasteiger charge is 2.04. The van der Waals surface area contributed by atoms with Gasteiger partial charge in [-0.25, -0.2) is 0 Å². The smallest absolute Gasteiger partial charge is 0.327 e. The third-order valence-electron chi connectivity index (χ3n) is 1.64. The van der Waals surface area contributed by atoms with Crippen molar-refractivity contribution in [2.24, 2.45) is 0 Å². The fourth-order valence-corrected chi connectivity index (χ4v) is 1.00. The number of hydrogen-bond donors (Lipinski definition) is 1. The number of carbonyl (C=O) groups excluding carboxylic acids is 1. The summed E-state index contributed by atoms with van der Waals surface area (Å²) in [5.74, 6) is -0.349. The van der Waals surface area contributed by atoms with E-state index in [-0.39, 0.29) is 19.1 Å². The maximum absolute atomic E-state index is 11.2. The Kier molecular flexibility index (Phi) is 4.62. The minimum atomic E-state index is -0.349. The summed E-state index contributed by atoms with van der Waals surface area (Å²) >= 11 is 0. The zero-order chi connectivity index (χ0) is 11.1. The highest BCUT2D eigenvalue weighted by molar-refractivity contribution is 5.69. The number of aromatic nitrogens is 2. The van der Waals surface area contributed by atoms with Gasteiger partial charge in [-0.05, 0) is 6.92 Å². The van der Waals surface area contributed by atoms with E-state index in [9.17, 15) is 4.79 Å². The third-order valence-corrected chi connectivity index (χ3v) is 1.64. The van der Waals surface area contributed by atoms with Gasteiger partial charge in [-0.3, -0.25) is 9.48 Å². The van der Waals surface area contributed by atoms with Crippen molar-refractivity contribution in [2.45, 2.75) is 13.5 Å². The predicted molar refractivity (Wildman–Crippen MR) is 54.1 cm³/mol. The summed E-state index contributed by atoms with van der Waals surface area (Å²) in [4.78, 5) is 11.2. The van der Waals surface area contributed by atoms with Crippen LogP contribution in [0.2, 0.25) is 0 Å². The Morgan fingerprint density at radius 2 is 2.40 bits per heavy atom. The van der Waals surface area contributed by atoms with Crippen LogP contribution in [0.25, 0.3) is 0 Å². The first-order valence-corrected chi connectivity index (χ1v) is 4.73. The average molecular weight is 213 g/mol. The van der Waals surface area contributed by atoms with Crippen molar-refractivity contribution >= 4 is 11.7 Å². The lowest BCUT2D eigenvalue weighted by molar-refractivity contribution is -0.146. The standard InChI is InChI=1S/C9H15N3O3/c1-2-14-3-4-15-9(13)7-12-6-8(10)5-11-12/h5-6H,2-4,7,10H2,1H3. The molecule has 0 unspecified atom stereocenters. The molecule has 0 aromatic carbocycles. The van der Waals surface area contributed by atoms with Gasteiger partial charge in [0.15, 0.2) is 0 Å². The van der Waals surface area contributed by atoms with E-state index in [1.54, 1.807) is 6.20 Å². The molecule has 1 aromatic heterocycles. The van der Waals surface area contributed by atoms with Crippen LogP contribution in [-0.4, -0.2) is 35.6 Å². The molecule has 0 saturated heterocycles. The van der Waals surface area contributed by atoms with E-state index in [1.165, 1.54) is 10.9 Å². The fraction of sp³-hybridized carbons (Fsp3) is 0.556. The molecule has 0 aliphatic carbocycles. The molecule has 0 spiro atoms. The van der Waals surface area contributed by atoms with Crippen molar-refractivity contribution in [1.82, 2.24) is 9.78 Å². The van der Waals surface area contributed by atoms with Crippen LogP contribution in [0.4, 0.5) is 5.69 Å². The van der Waals surface area contributed by atoms with Crippen LogP contribution in [0.15, 0.2) is 12.4 Å². The number of ether oxygens (including phenoxy) is 2. The first kappa shape index (κ1) is 11.5. The SMILES string of the molecule is CCOCCOC(=O)Cn1cc(N)cn1. The zero-order valence-electron chi connectivity index (χ0n) is 8.68. The summed E-state index contributed by atoms with van der Waals surface area (Å²) in [5.41, 5.74) is 5.96. The Balaban J connectivity index is 2.18. The van der Waals surface area contributed by atoms with E-state index in [1.807, 2.05) is 6.92 Å². The minimum Gasteiger partial charge on any atom is -0.462 e. The Hall–Kier alpha value is -1.56. The van der Waals surface area contributed by atoms with Gasteiger partial charge in [0.2, 0.25) is 0 Å². The average Bonchev–Trinajstić information content (AvgIpc) is 2.59. The summed E-state index contributed by atoms with van der Waals surface area (Å²) in [6.45, 7) is 3.26. The number of carbonyl (C=O) groups is 1. The summed E-state index contributed by atoms with van der Waals surface area (Å²) < 4.78 is 11.3. The molecule has 0 bridgehead atoms. The van der Waals surface area contributed by atoms with Crippen LogP contribution in [0.1, 0.15) is 6.92 Å². The summed E-state index contributed by atoms with van der Waals surface area (Å²) in [6, 6.07) is 0. The Morgan fingerprint density at radius 1 is 1.60 bits per heavy atom. The lowest BCUT2D eigenvalue weighted by Gasteiger charge is -2.04. The molecular weight excluding hydrogens is 198 g/mol. The molecule has 84 valence electrons. The Bertz CT molecular complexity index is 311. The second-order valence-electron chi connectivity index (χ2n) is 2.89. The molecule has 0 amide bonds. The minimum absolute atomic E-state index is 0.0727. The maximum atomic E-state index is 11.2. The van der Waals surface area contributed by atoms with Gasteiger partial charge in [-0.2, -0.15) is 5.10 Å². The molecular formula is C9H15N3O3. The molecule has 15 heavy (non-hydrogen) atoms. The van der Waals surface area contributed by atoms with Crippen molar-refractivity contribution in [3.63, 3.8) is 0 Å². The number of nitrogens with two attached hydrogens (primary N) is 1. The maximum Gasteiger partial charge on any atom is 0.327 e. The molecule has 1 heterocycles. The van der Waals surface area contributed by atoms with Crippen LogP contribution in [0.5, 0.6) is 0 Å². The van der Waals surface area contributed by atoms with E-state index in [2.05, 4.69) is 5.10 Å². The first-order chi connectivity index (χ1) is 7.22.